The molecule has 0 aliphatic carbocycles. The Morgan fingerprint density at radius 3 is 2.00 bits per heavy atom. The third-order valence-electron chi connectivity index (χ3n) is 1.13. The van der Waals surface area contributed by atoms with Crippen molar-refractivity contribution in [3.05, 3.63) is 30.5 Å². The number of hydrogen-bond donors (Lipinski definition) is 1. The largest absolute Gasteiger partial charge is 0.636 e. The van der Waals surface area contributed by atoms with E-state index in [1.807, 2.05) is 0 Å². The minimum Gasteiger partial charge on any atom is -0.636 e. The Labute approximate surface area is 55.8 Å². The van der Waals surface area contributed by atoms with Crippen LogP contribution in [0, 0.1) is 5.21 Å². The zero-order valence-corrected chi connectivity index (χ0v) is 5.55. The molecule has 0 fully saturated rings. The summed E-state index contributed by atoms with van der Waals surface area (Å²) in [5.74, 6) is 0. The molecule has 2 N–H and O–H groups in total. The molecule has 0 atom stereocenters. The zero-order valence-electron chi connectivity index (χ0n) is 5.55. The van der Waals surface area contributed by atoms with Crippen LogP contribution >= 0.6 is 0 Å². The van der Waals surface area contributed by atoms with Crippen LogP contribution in [0.3, 0.4) is 0 Å². The topological polar surface area (TPSA) is 39.7 Å². The Morgan fingerprint density at radius 2 is 1.78 bits per heavy atom. The molecule has 0 aromatic rings. The van der Waals surface area contributed by atoms with Crippen molar-refractivity contribution in [1.82, 2.24) is 0 Å². The Kier molecular flexibility index (Phi) is 5.17. The molecule has 0 saturated carbocycles. The molecular formula is C7H13NO. The molecule has 0 aliphatic rings. The van der Waals surface area contributed by atoms with E-state index in [0.717, 1.165) is 18.3 Å². The molecule has 52 valence electrons. The number of rotatable bonds is 5. The third kappa shape index (κ3) is 3.94. The smallest absolute Gasteiger partial charge is 0.0925 e. The highest BCUT2D eigenvalue weighted by atomic mass is 16.5. The molecule has 0 saturated heterocycles. The minimum absolute atomic E-state index is 0.0972. The van der Waals surface area contributed by atoms with Crippen LogP contribution in [0.5, 0.6) is 0 Å². The second-order valence-electron chi connectivity index (χ2n) is 1.94. The van der Waals surface area contributed by atoms with Gasteiger partial charge in [-0.25, -0.2) is 0 Å². The van der Waals surface area contributed by atoms with Crippen molar-refractivity contribution < 1.29 is 5.48 Å². The van der Waals surface area contributed by atoms with Gasteiger partial charge in [0.2, 0.25) is 0 Å². The van der Waals surface area contributed by atoms with Gasteiger partial charge >= 0.3 is 0 Å². The SMILES string of the molecule is C=CCC(CC=C)[NH2+][O-]. The first-order chi connectivity index (χ1) is 4.35. The van der Waals surface area contributed by atoms with E-state index in [0.29, 0.717) is 0 Å². The summed E-state index contributed by atoms with van der Waals surface area (Å²) in [5.41, 5.74) is 0.948. The van der Waals surface area contributed by atoms with Crippen molar-refractivity contribution >= 4 is 0 Å². The van der Waals surface area contributed by atoms with E-state index in [1.165, 1.54) is 0 Å². The van der Waals surface area contributed by atoms with Gasteiger partial charge in [-0.05, 0) is 0 Å². The lowest BCUT2D eigenvalue weighted by molar-refractivity contribution is -0.626. The van der Waals surface area contributed by atoms with Gasteiger partial charge in [0.15, 0.2) is 0 Å². The van der Waals surface area contributed by atoms with Gasteiger partial charge in [0.25, 0.3) is 0 Å². The average molecular weight is 127 g/mol. The first-order valence-electron chi connectivity index (χ1n) is 3.02. The van der Waals surface area contributed by atoms with Crippen LogP contribution in [0.4, 0.5) is 0 Å². The molecule has 0 aliphatic heterocycles. The number of quaternary nitrogens is 1. The Balaban J connectivity index is 3.39. The van der Waals surface area contributed by atoms with Gasteiger partial charge in [0, 0.05) is 12.8 Å². The summed E-state index contributed by atoms with van der Waals surface area (Å²) in [6.45, 7) is 7.08. The molecule has 0 bridgehead atoms. The zero-order chi connectivity index (χ0) is 7.11. The lowest BCUT2D eigenvalue weighted by atomic mass is 10.1. The normalized spacial score (nSPS) is 9.56. The molecule has 2 nitrogen and oxygen atoms in total. The highest BCUT2D eigenvalue weighted by Gasteiger charge is 2.00. The highest BCUT2D eigenvalue weighted by Crippen LogP contribution is 1.92. The van der Waals surface area contributed by atoms with E-state index in [9.17, 15) is 5.21 Å². The molecule has 0 rings (SSSR count). The average Bonchev–Trinajstić information content (AvgIpc) is 1.88. The first-order valence-corrected chi connectivity index (χ1v) is 3.02. The van der Waals surface area contributed by atoms with Crippen molar-refractivity contribution in [2.75, 3.05) is 0 Å². The van der Waals surface area contributed by atoms with Crippen LogP contribution in [0.25, 0.3) is 0 Å². The molecule has 2 heteroatoms. The predicted octanol–water partition coefficient (Wildman–Crippen LogP) is 0.568. The van der Waals surface area contributed by atoms with Crippen LogP contribution in [0.15, 0.2) is 25.3 Å². The maximum absolute atomic E-state index is 10.2. The summed E-state index contributed by atoms with van der Waals surface area (Å²) in [6, 6.07) is 0.0972. The fourth-order valence-corrected chi connectivity index (χ4v) is 0.635. The first kappa shape index (κ1) is 8.40. The summed E-state index contributed by atoms with van der Waals surface area (Å²) in [4.78, 5) is 0. The highest BCUT2D eigenvalue weighted by molar-refractivity contribution is 4.78. The molecule has 0 unspecified atom stereocenters. The van der Waals surface area contributed by atoms with Crippen LogP contribution in [-0.4, -0.2) is 6.04 Å². The summed E-state index contributed by atoms with van der Waals surface area (Å²) in [5, 5.41) is 10.2. The van der Waals surface area contributed by atoms with E-state index in [2.05, 4.69) is 13.2 Å². The fourth-order valence-electron chi connectivity index (χ4n) is 0.635. The monoisotopic (exact) mass is 127 g/mol. The maximum Gasteiger partial charge on any atom is 0.0925 e. The van der Waals surface area contributed by atoms with Crippen LogP contribution in [-0.2, 0) is 0 Å². The maximum atomic E-state index is 10.2. The number of hydroxylamine groups is 1. The van der Waals surface area contributed by atoms with E-state index >= 15 is 0 Å². The molecule has 0 heterocycles. The molecule has 0 radical (unpaired) electrons. The van der Waals surface area contributed by atoms with Crippen molar-refractivity contribution in [2.45, 2.75) is 18.9 Å². The number of nitrogens with two attached hydrogens (primary N) is 1. The summed E-state index contributed by atoms with van der Waals surface area (Å²) < 4.78 is 0. The fraction of sp³-hybridized carbons (Fsp3) is 0.429. The summed E-state index contributed by atoms with van der Waals surface area (Å²) in [6.07, 6.45) is 5.02. The predicted molar refractivity (Wildman–Crippen MR) is 38.7 cm³/mol. The van der Waals surface area contributed by atoms with E-state index in [-0.39, 0.29) is 6.04 Å². The Morgan fingerprint density at radius 1 is 1.33 bits per heavy atom. The van der Waals surface area contributed by atoms with Gasteiger partial charge in [-0.2, -0.15) is 0 Å². The molecular weight excluding hydrogens is 114 g/mol. The van der Waals surface area contributed by atoms with Gasteiger partial charge in [-0.1, -0.05) is 12.2 Å². The molecule has 0 aromatic heterocycles. The van der Waals surface area contributed by atoms with Crippen LogP contribution in [0.1, 0.15) is 12.8 Å². The van der Waals surface area contributed by atoms with E-state index in [4.69, 9.17) is 0 Å². The van der Waals surface area contributed by atoms with Crippen molar-refractivity contribution in [3.8, 4) is 0 Å². The minimum atomic E-state index is 0.0972. The summed E-state index contributed by atoms with van der Waals surface area (Å²) >= 11 is 0. The molecule has 0 aromatic carbocycles. The van der Waals surface area contributed by atoms with Gasteiger partial charge in [-0.15, -0.1) is 13.2 Å². The molecule has 9 heavy (non-hydrogen) atoms. The lowest BCUT2D eigenvalue weighted by Gasteiger charge is -2.12. The van der Waals surface area contributed by atoms with Gasteiger partial charge in [0.05, 0.1) is 6.04 Å². The van der Waals surface area contributed by atoms with Gasteiger partial charge < -0.3 is 10.7 Å². The number of hydrogen-bond acceptors (Lipinski definition) is 1. The van der Waals surface area contributed by atoms with Gasteiger partial charge in [-0.3, -0.25) is 0 Å². The quantitative estimate of drug-likeness (QED) is 0.425. The second-order valence-corrected chi connectivity index (χ2v) is 1.94. The lowest BCUT2D eigenvalue weighted by Crippen LogP contribution is -2.83. The second kappa shape index (κ2) is 5.54. The van der Waals surface area contributed by atoms with Crippen LogP contribution < -0.4 is 5.48 Å². The third-order valence-corrected chi connectivity index (χ3v) is 1.13. The van der Waals surface area contributed by atoms with E-state index in [1.54, 1.807) is 12.2 Å². The summed E-state index contributed by atoms with van der Waals surface area (Å²) in [7, 11) is 0. The Hall–Kier alpha value is -0.600. The molecule has 0 amide bonds. The van der Waals surface area contributed by atoms with Crippen molar-refractivity contribution in [1.29, 1.82) is 0 Å². The van der Waals surface area contributed by atoms with Gasteiger partial charge in [0.1, 0.15) is 0 Å². The van der Waals surface area contributed by atoms with E-state index < -0.39 is 0 Å². The van der Waals surface area contributed by atoms with Crippen molar-refractivity contribution in [2.24, 2.45) is 0 Å². The van der Waals surface area contributed by atoms with Crippen LogP contribution in [0.2, 0.25) is 0 Å². The standard InChI is InChI=1S/C7H13NO/c1-3-5-7(8-9)6-4-2/h3-4,7H,1-2,5-6,8H2. The van der Waals surface area contributed by atoms with Crippen molar-refractivity contribution in [3.63, 3.8) is 0 Å². The molecule has 0 spiro atoms. The Bertz CT molecular complexity index is 80.9.